The molecule has 0 unspecified atom stereocenters. The summed E-state index contributed by atoms with van der Waals surface area (Å²) in [5.41, 5.74) is 0. The molecule has 0 aromatic heterocycles. The summed E-state index contributed by atoms with van der Waals surface area (Å²) in [7, 11) is 0. The van der Waals surface area contributed by atoms with Gasteiger partial charge in [-0.2, -0.15) is 0 Å². The van der Waals surface area contributed by atoms with Crippen LogP contribution in [0.25, 0.3) is 0 Å². The van der Waals surface area contributed by atoms with Crippen molar-refractivity contribution in [3.63, 3.8) is 0 Å². The minimum Gasteiger partial charge on any atom is -0.274 e. The average molecular weight is 188 g/mol. The van der Waals surface area contributed by atoms with Gasteiger partial charge in [0.1, 0.15) is 5.82 Å². The van der Waals surface area contributed by atoms with Crippen LogP contribution in [0.3, 0.4) is 0 Å². The summed E-state index contributed by atoms with van der Waals surface area (Å²) in [6.45, 7) is 0. The molecule has 0 aliphatic carbocycles. The zero-order chi connectivity index (χ0) is 8.27. The molecular formula is C7H5FOS2. The smallest absolute Gasteiger partial charge is 0.247 e. The van der Waals surface area contributed by atoms with Gasteiger partial charge in [-0.3, -0.25) is 4.79 Å². The summed E-state index contributed by atoms with van der Waals surface area (Å²) in [4.78, 5) is 11.0. The number of thiol groups is 1. The van der Waals surface area contributed by atoms with Crippen molar-refractivity contribution < 1.29 is 9.18 Å². The Labute approximate surface area is 73.4 Å². The van der Waals surface area contributed by atoms with Crippen LogP contribution in [0.15, 0.2) is 29.2 Å². The molecule has 1 aromatic rings. The molecule has 0 radical (unpaired) electrons. The molecule has 4 heteroatoms. The minimum atomic E-state index is -0.343. The van der Waals surface area contributed by atoms with Crippen LogP contribution in [0.4, 0.5) is 9.18 Å². The van der Waals surface area contributed by atoms with Crippen molar-refractivity contribution in [1.29, 1.82) is 0 Å². The molecule has 0 N–H and O–H groups in total. The number of benzene rings is 1. The van der Waals surface area contributed by atoms with Crippen molar-refractivity contribution in [3.8, 4) is 0 Å². The summed E-state index contributed by atoms with van der Waals surface area (Å²) in [5, 5.41) is 0. The monoisotopic (exact) mass is 188 g/mol. The summed E-state index contributed by atoms with van der Waals surface area (Å²) in [6, 6.07) is 5.82. The van der Waals surface area contributed by atoms with Gasteiger partial charge in [-0.25, -0.2) is 4.39 Å². The second-order valence-electron chi connectivity index (χ2n) is 1.83. The summed E-state index contributed by atoms with van der Waals surface area (Å²) in [5.74, 6) is -0.343. The van der Waals surface area contributed by atoms with Gasteiger partial charge in [-0.05, 0) is 30.0 Å². The van der Waals surface area contributed by atoms with Gasteiger partial charge >= 0.3 is 0 Å². The Bertz CT molecular complexity index is 275. The van der Waals surface area contributed by atoms with Crippen LogP contribution in [0.5, 0.6) is 0 Å². The standard InChI is InChI=1S/C7H5FOS2/c8-5-2-1-3-6(4-5)11-7(9)10/h1-4H,(H,9,10). The van der Waals surface area contributed by atoms with Gasteiger partial charge in [-0.1, -0.05) is 18.7 Å². The third kappa shape index (κ3) is 2.95. The predicted molar refractivity (Wildman–Crippen MR) is 46.6 cm³/mol. The highest BCUT2D eigenvalue weighted by atomic mass is 32.2. The lowest BCUT2D eigenvalue weighted by Gasteiger charge is -1.94. The fraction of sp³-hybridized carbons (Fsp3) is 0. The zero-order valence-electron chi connectivity index (χ0n) is 5.45. The predicted octanol–water partition coefficient (Wildman–Crippen LogP) is 2.97. The number of hydrogen-bond acceptors (Lipinski definition) is 2. The second-order valence-corrected chi connectivity index (χ2v) is 3.58. The molecule has 0 fully saturated rings. The van der Waals surface area contributed by atoms with E-state index in [0.29, 0.717) is 4.90 Å². The molecule has 1 rings (SSSR count). The molecule has 0 amide bonds. The van der Waals surface area contributed by atoms with E-state index in [2.05, 4.69) is 12.6 Å². The van der Waals surface area contributed by atoms with Gasteiger partial charge in [0.2, 0.25) is 4.45 Å². The lowest BCUT2D eigenvalue weighted by Crippen LogP contribution is -1.77. The molecule has 1 aromatic carbocycles. The molecule has 58 valence electrons. The van der Waals surface area contributed by atoms with E-state index in [1.165, 1.54) is 12.1 Å². The van der Waals surface area contributed by atoms with Crippen LogP contribution in [0, 0.1) is 5.82 Å². The third-order valence-corrected chi connectivity index (χ3v) is 1.94. The summed E-state index contributed by atoms with van der Waals surface area (Å²) < 4.78 is 12.1. The van der Waals surface area contributed by atoms with E-state index in [-0.39, 0.29) is 10.3 Å². The maximum atomic E-state index is 12.5. The number of thioether (sulfide) groups is 1. The highest BCUT2D eigenvalue weighted by Gasteiger charge is 1.99. The van der Waals surface area contributed by atoms with Gasteiger partial charge in [0.25, 0.3) is 0 Å². The number of carbonyl (C=O) groups is 1. The molecule has 0 aliphatic heterocycles. The van der Waals surface area contributed by atoms with E-state index in [1.807, 2.05) is 0 Å². The maximum Gasteiger partial charge on any atom is 0.247 e. The van der Waals surface area contributed by atoms with Crippen molar-refractivity contribution >= 4 is 28.8 Å². The first kappa shape index (κ1) is 8.62. The SMILES string of the molecule is O=C(S)Sc1cccc(F)c1. The highest BCUT2D eigenvalue weighted by Crippen LogP contribution is 2.21. The van der Waals surface area contributed by atoms with Crippen LogP contribution < -0.4 is 0 Å². The first-order valence-electron chi connectivity index (χ1n) is 2.85. The molecule has 11 heavy (non-hydrogen) atoms. The first-order valence-corrected chi connectivity index (χ1v) is 4.11. The normalized spacial score (nSPS) is 9.64. The Balaban J connectivity index is 2.79. The number of hydrogen-bond donors (Lipinski definition) is 1. The fourth-order valence-corrected chi connectivity index (χ4v) is 1.47. The zero-order valence-corrected chi connectivity index (χ0v) is 7.16. The van der Waals surface area contributed by atoms with Crippen LogP contribution >= 0.6 is 24.4 Å². The van der Waals surface area contributed by atoms with Gasteiger partial charge in [0.15, 0.2) is 0 Å². The average Bonchev–Trinajstić information content (AvgIpc) is 1.85. The van der Waals surface area contributed by atoms with Gasteiger partial charge in [-0.15, -0.1) is 0 Å². The number of halogens is 1. The van der Waals surface area contributed by atoms with Crippen molar-refractivity contribution in [2.24, 2.45) is 0 Å². The number of carbonyl (C=O) groups excluding carboxylic acids is 1. The fourth-order valence-electron chi connectivity index (χ4n) is 0.631. The van der Waals surface area contributed by atoms with E-state index in [9.17, 15) is 9.18 Å². The van der Waals surface area contributed by atoms with E-state index in [4.69, 9.17) is 0 Å². The van der Waals surface area contributed by atoms with Crippen molar-refractivity contribution in [3.05, 3.63) is 30.1 Å². The Kier molecular flexibility index (Phi) is 2.96. The van der Waals surface area contributed by atoms with Crippen molar-refractivity contribution in [2.75, 3.05) is 0 Å². The molecule has 0 heterocycles. The Morgan fingerprint density at radius 1 is 1.55 bits per heavy atom. The van der Waals surface area contributed by atoms with Gasteiger partial charge < -0.3 is 0 Å². The molecule has 0 aliphatic rings. The molecular weight excluding hydrogens is 183 g/mol. The highest BCUT2D eigenvalue weighted by molar-refractivity contribution is 8.32. The molecule has 0 saturated heterocycles. The Morgan fingerprint density at radius 2 is 2.27 bits per heavy atom. The van der Waals surface area contributed by atoms with Crippen molar-refractivity contribution in [1.82, 2.24) is 0 Å². The third-order valence-electron chi connectivity index (χ3n) is 1.00. The lowest BCUT2D eigenvalue weighted by molar-refractivity contribution is 0.277. The van der Waals surface area contributed by atoms with Gasteiger partial charge in [0, 0.05) is 4.90 Å². The van der Waals surface area contributed by atoms with Gasteiger partial charge in [0.05, 0.1) is 0 Å². The van der Waals surface area contributed by atoms with E-state index >= 15 is 0 Å². The minimum absolute atomic E-state index is 0.337. The largest absolute Gasteiger partial charge is 0.274 e. The van der Waals surface area contributed by atoms with E-state index in [1.54, 1.807) is 12.1 Å². The Morgan fingerprint density at radius 3 is 2.82 bits per heavy atom. The molecule has 0 saturated carbocycles. The van der Waals surface area contributed by atoms with Crippen LogP contribution in [0.1, 0.15) is 0 Å². The summed E-state index contributed by atoms with van der Waals surface area (Å²) in [6.07, 6.45) is 0. The van der Waals surface area contributed by atoms with Crippen LogP contribution in [-0.4, -0.2) is 4.45 Å². The first-order chi connectivity index (χ1) is 5.18. The van der Waals surface area contributed by atoms with Crippen molar-refractivity contribution in [2.45, 2.75) is 4.90 Å². The lowest BCUT2D eigenvalue weighted by atomic mass is 10.4. The molecule has 1 nitrogen and oxygen atoms in total. The van der Waals surface area contributed by atoms with E-state index < -0.39 is 0 Å². The summed E-state index contributed by atoms with van der Waals surface area (Å²) >= 11 is 4.44. The second kappa shape index (κ2) is 3.78. The van der Waals surface area contributed by atoms with Crippen LogP contribution in [0.2, 0.25) is 0 Å². The van der Waals surface area contributed by atoms with E-state index in [0.717, 1.165) is 11.8 Å². The molecule has 0 bridgehead atoms. The molecule has 0 spiro atoms. The number of rotatable bonds is 1. The maximum absolute atomic E-state index is 12.5. The quantitative estimate of drug-likeness (QED) is 0.539. The Hall–Kier alpha value is -0.480. The van der Waals surface area contributed by atoms with Crippen LogP contribution in [-0.2, 0) is 0 Å². The topological polar surface area (TPSA) is 17.1 Å². The molecule has 0 atom stereocenters.